The lowest BCUT2D eigenvalue weighted by Gasteiger charge is -2.21. The van der Waals surface area contributed by atoms with Crippen LogP contribution < -0.4 is 10.3 Å². The van der Waals surface area contributed by atoms with Crippen LogP contribution in [0.3, 0.4) is 0 Å². The number of halogens is 1. The number of rotatable bonds is 3. The van der Waals surface area contributed by atoms with Crippen molar-refractivity contribution in [1.82, 2.24) is 9.13 Å². The molecule has 0 fully saturated rings. The molecule has 6 nitrogen and oxygen atoms in total. The van der Waals surface area contributed by atoms with Crippen molar-refractivity contribution in [3.8, 4) is 11.4 Å². The van der Waals surface area contributed by atoms with E-state index in [1.54, 1.807) is 57.2 Å². The highest BCUT2D eigenvalue weighted by Crippen LogP contribution is 2.27. The second-order valence-electron chi connectivity index (χ2n) is 7.73. The van der Waals surface area contributed by atoms with Crippen LogP contribution in [0, 0.1) is 0 Å². The third-order valence-electron chi connectivity index (χ3n) is 3.84. The van der Waals surface area contributed by atoms with Crippen molar-refractivity contribution >= 4 is 33.1 Å². The predicted octanol–water partition coefficient (Wildman–Crippen LogP) is 5.13. The van der Waals surface area contributed by atoms with Gasteiger partial charge >= 0.3 is 6.09 Å². The molecule has 0 aliphatic heterocycles. The average molecular weight is 447 g/mol. The van der Waals surface area contributed by atoms with Crippen LogP contribution in [-0.2, 0) is 4.74 Å². The number of nitrogens with zero attached hydrogens (tertiary/aromatic N) is 2. The maximum absolute atomic E-state index is 12.8. The SMILES string of the molecule is CC(C)Oc1ccc(-n2c(=O)ccc3cc(Br)n(C(=O)OC(C)(C)C)c32)cc1. The van der Waals surface area contributed by atoms with E-state index in [9.17, 15) is 9.59 Å². The largest absolute Gasteiger partial charge is 0.491 e. The number of benzene rings is 1. The molecule has 7 heteroatoms. The molecule has 3 rings (SSSR count). The molecule has 148 valence electrons. The van der Waals surface area contributed by atoms with Crippen LogP contribution >= 0.6 is 15.9 Å². The molecule has 3 aromatic rings. The van der Waals surface area contributed by atoms with E-state index in [4.69, 9.17) is 9.47 Å². The van der Waals surface area contributed by atoms with Crippen molar-refractivity contribution in [2.45, 2.75) is 46.3 Å². The highest BCUT2D eigenvalue weighted by atomic mass is 79.9. The minimum absolute atomic E-state index is 0.0531. The summed E-state index contributed by atoms with van der Waals surface area (Å²) in [6.07, 6.45) is -0.508. The monoisotopic (exact) mass is 446 g/mol. The minimum atomic E-state index is -0.664. The van der Waals surface area contributed by atoms with Crippen molar-refractivity contribution in [3.05, 3.63) is 57.4 Å². The molecule has 2 heterocycles. The smallest absolute Gasteiger partial charge is 0.421 e. The van der Waals surface area contributed by atoms with Crippen LogP contribution in [0.1, 0.15) is 34.6 Å². The van der Waals surface area contributed by atoms with Gasteiger partial charge < -0.3 is 9.47 Å². The fourth-order valence-electron chi connectivity index (χ4n) is 2.86. The summed E-state index contributed by atoms with van der Waals surface area (Å²) in [5.41, 5.74) is 0.150. The van der Waals surface area contributed by atoms with Gasteiger partial charge in [0.25, 0.3) is 5.56 Å². The van der Waals surface area contributed by atoms with E-state index < -0.39 is 11.7 Å². The zero-order valence-corrected chi connectivity index (χ0v) is 18.1. The molecular formula is C21H23BrN2O4. The van der Waals surface area contributed by atoms with E-state index in [0.717, 1.165) is 5.39 Å². The molecule has 0 N–H and O–H groups in total. The van der Waals surface area contributed by atoms with Crippen molar-refractivity contribution < 1.29 is 14.3 Å². The average Bonchev–Trinajstić information content (AvgIpc) is 2.90. The van der Waals surface area contributed by atoms with Crippen LogP contribution in [-0.4, -0.2) is 26.9 Å². The molecule has 0 unspecified atom stereocenters. The van der Waals surface area contributed by atoms with Gasteiger partial charge in [-0.15, -0.1) is 0 Å². The van der Waals surface area contributed by atoms with Gasteiger partial charge in [-0.25, -0.2) is 9.36 Å². The lowest BCUT2D eigenvalue weighted by molar-refractivity contribution is 0.0539. The molecule has 28 heavy (non-hydrogen) atoms. The third kappa shape index (κ3) is 4.14. The summed E-state index contributed by atoms with van der Waals surface area (Å²) in [5.74, 6) is 0.711. The Morgan fingerprint density at radius 2 is 1.71 bits per heavy atom. The molecule has 0 amide bonds. The highest BCUT2D eigenvalue weighted by Gasteiger charge is 2.23. The topological polar surface area (TPSA) is 62.5 Å². The zero-order chi connectivity index (χ0) is 20.6. The molecule has 0 spiro atoms. The van der Waals surface area contributed by atoms with Gasteiger partial charge in [0.05, 0.1) is 16.4 Å². The number of fused-ring (bicyclic) bond motifs is 1. The van der Waals surface area contributed by atoms with Crippen molar-refractivity contribution in [3.63, 3.8) is 0 Å². The van der Waals surface area contributed by atoms with Gasteiger partial charge in [0.15, 0.2) is 0 Å². The first-order valence-corrected chi connectivity index (χ1v) is 9.79. The first-order chi connectivity index (χ1) is 13.1. The molecular weight excluding hydrogens is 424 g/mol. The van der Waals surface area contributed by atoms with Crippen LogP contribution in [0.25, 0.3) is 16.7 Å². The van der Waals surface area contributed by atoms with Crippen LogP contribution in [0.4, 0.5) is 4.79 Å². The molecule has 0 aliphatic rings. The Kier molecular flexibility index (Phi) is 5.39. The lowest BCUT2D eigenvalue weighted by atomic mass is 10.2. The van der Waals surface area contributed by atoms with Crippen LogP contribution in [0.5, 0.6) is 5.75 Å². The van der Waals surface area contributed by atoms with Crippen molar-refractivity contribution in [2.24, 2.45) is 0 Å². The maximum Gasteiger partial charge on any atom is 0.421 e. The van der Waals surface area contributed by atoms with Crippen molar-refractivity contribution in [1.29, 1.82) is 0 Å². The van der Waals surface area contributed by atoms with Crippen molar-refractivity contribution in [2.75, 3.05) is 0 Å². The molecule has 2 aromatic heterocycles. The molecule has 1 aromatic carbocycles. The molecule has 0 atom stereocenters. The van der Waals surface area contributed by atoms with Crippen LogP contribution in [0.2, 0.25) is 0 Å². The van der Waals surface area contributed by atoms with Gasteiger partial charge in [0, 0.05) is 11.5 Å². The van der Waals surface area contributed by atoms with Gasteiger partial charge in [-0.3, -0.25) is 9.36 Å². The van der Waals surface area contributed by atoms with Gasteiger partial charge in [0.2, 0.25) is 0 Å². The lowest BCUT2D eigenvalue weighted by Crippen LogP contribution is -2.29. The number of carbonyl (C=O) groups excluding carboxylic acids is 1. The Labute approximate surface area is 171 Å². The predicted molar refractivity (Wildman–Crippen MR) is 113 cm³/mol. The van der Waals surface area contributed by atoms with E-state index in [2.05, 4.69) is 15.9 Å². The summed E-state index contributed by atoms with van der Waals surface area (Å²) in [5, 5.41) is 0.736. The minimum Gasteiger partial charge on any atom is -0.491 e. The molecule has 0 saturated carbocycles. The van der Waals surface area contributed by atoms with E-state index in [0.29, 0.717) is 21.7 Å². The number of aromatic nitrogens is 2. The summed E-state index contributed by atoms with van der Waals surface area (Å²) in [6.45, 7) is 9.29. The Hall–Kier alpha value is -2.54. The summed E-state index contributed by atoms with van der Waals surface area (Å²) in [7, 11) is 0. The second kappa shape index (κ2) is 7.47. The number of pyridine rings is 1. The summed E-state index contributed by atoms with van der Waals surface area (Å²) in [6, 6.07) is 12.1. The molecule has 0 aliphatic carbocycles. The maximum atomic E-state index is 12.8. The number of ether oxygens (including phenoxy) is 2. The number of hydrogen-bond donors (Lipinski definition) is 0. The van der Waals surface area contributed by atoms with E-state index in [1.807, 2.05) is 13.8 Å². The number of hydrogen-bond acceptors (Lipinski definition) is 4. The quantitative estimate of drug-likeness (QED) is 0.559. The molecule has 0 radical (unpaired) electrons. The Bertz CT molecular complexity index is 1070. The fourth-order valence-corrected chi connectivity index (χ4v) is 3.42. The van der Waals surface area contributed by atoms with E-state index >= 15 is 0 Å². The first kappa shape index (κ1) is 20.2. The van der Waals surface area contributed by atoms with Gasteiger partial charge in [-0.1, -0.05) is 0 Å². The van der Waals surface area contributed by atoms with Gasteiger partial charge in [-0.2, -0.15) is 0 Å². The molecule has 0 saturated heterocycles. The number of carbonyl (C=O) groups is 1. The summed E-state index contributed by atoms with van der Waals surface area (Å²) in [4.78, 5) is 25.5. The van der Waals surface area contributed by atoms with Gasteiger partial charge in [-0.05, 0) is 86.9 Å². The summed E-state index contributed by atoms with van der Waals surface area (Å²) < 4.78 is 14.6. The second-order valence-corrected chi connectivity index (χ2v) is 8.54. The normalized spacial score (nSPS) is 11.8. The van der Waals surface area contributed by atoms with E-state index in [-0.39, 0.29) is 11.7 Å². The standard InChI is InChI=1S/C21H23BrN2O4/c1-13(2)27-16-9-7-15(8-10-16)23-18(25)11-6-14-12-17(22)24(19(14)23)20(26)28-21(3,4)5/h6-13H,1-5H3. The zero-order valence-electron chi connectivity index (χ0n) is 16.5. The summed E-state index contributed by atoms with van der Waals surface area (Å²) >= 11 is 3.41. The fraction of sp³-hybridized carbons (Fsp3) is 0.333. The van der Waals surface area contributed by atoms with Crippen LogP contribution in [0.15, 0.2) is 51.9 Å². The highest BCUT2D eigenvalue weighted by molar-refractivity contribution is 9.10. The first-order valence-electron chi connectivity index (χ1n) is 9.00. The Morgan fingerprint density at radius 1 is 1.07 bits per heavy atom. The Morgan fingerprint density at radius 3 is 2.29 bits per heavy atom. The van der Waals surface area contributed by atoms with E-state index in [1.165, 1.54) is 15.2 Å². The Balaban J connectivity index is 2.19. The molecule has 0 bridgehead atoms. The van der Waals surface area contributed by atoms with Gasteiger partial charge in [0.1, 0.15) is 17.0 Å². The third-order valence-corrected chi connectivity index (χ3v) is 4.42.